The van der Waals surface area contributed by atoms with Crippen LogP contribution in [0.1, 0.15) is 0 Å². The summed E-state index contributed by atoms with van der Waals surface area (Å²) in [6.45, 7) is 0.560. The molecule has 4 aromatic heterocycles. The number of aliphatic hydroxyl groups is 1. The number of aromatic nitrogens is 8. The SMILES string of the molecule is OC(Cn1cnc2c(Cl)ncnc21)Cn1cnc2c(Cl)ncnc21. The quantitative estimate of drug-likeness (QED) is 0.544. The van der Waals surface area contributed by atoms with Gasteiger partial charge in [0.15, 0.2) is 21.6 Å². The summed E-state index contributed by atoms with van der Waals surface area (Å²) in [7, 11) is 0. The number of imidazole rings is 2. The lowest BCUT2D eigenvalue weighted by molar-refractivity contribution is 0.136. The number of fused-ring (bicyclic) bond motifs is 2. The third kappa shape index (κ3) is 2.56. The molecule has 0 amide bonds. The largest absolute Gasteiger partial charge is 0.389 e. The van der Waals surface area contributed by atoms with Gasteiger partial charge in [-0.3, -0.25) is 0 Å². The van der Waals surface area contributed by atoms with Crippen LogP contribution >= 0.6 is 23.2 Å². The fourth-order valence-corrected chi connectivity index (χ4v) is 2.84. The van der Waals surface area contributed by atoms with E-state index < -0.39 is 6.10 Å². The average Bonchev–Trinajstić information content (AvgIpc) is 3.15. The van der Waals surface area contributed by atoms with Crippen molar-refractivity contribution in [2.75, 3.05) is 0 Å². The Hall–Kier alpha value is -2.36. The van der Waals surface area contributed by atoms with Crippen molar-refractivity contribution >= 4 is 45.5 Å². The number of hydrogen-bond donors (Lipinski definition) is 1. The highest BCUT2D eigenvalue weighted by Crippen LogP contribution is 2.19. The minimum atomic E-state index is -0.720. The van der Waals surface area contributed by atoms with Crippen molar-refractivity contribution in [1.29, 1.82) is 0 Å². The number of halogens is 2. The monoisotopic (exact) mass is 364 g/mol. The molecule has 0 saturated carbocycles. The minimum Gasteiger partial charge on any atom is -0.389 e. The van der Waals surface area contributed by atoms with E-state index in [1.54, 1.807) is 21.8 Å². The molecule has 4 rings (SSSR count). The van der Waals surface area contributed by atoms with E-state index in [-0.39, 0.29) is 23.4 Å². The van der Waals surface area contributed by atoms with Crippen LogP contribution in [0.4, 0.5) is 0 Å². The summed E-state index contributed by atoms with van der Waals surface area (Å²) < 4.78 is 3.43. The highest BCUT2D eigenvalue weighted by molar-refractivity contribution is 6.33. The third-order valence-electron chi connectivity index (χ3n) is 3.53. The van der Waals surface area contributed by atoms with E-state index in [0.717, 1.165) is 0 Å². The summed E-state index contributed by atoms with van der Waals surface area (Å²) in [5.74, 6) is 0. The zero-order valence-electron chi connectivity index (χ0n) is 12.1. The Morgan fingerprint density at radius 3 is 1.71 bits per heavy atom. The molecule has 0 bridgehead atoms. The first-order chi connectivity index (χ1) is 11.6. The predicted molar refractivity (Wildman–Crippen MR) is 86.7 cm³/mol. The Morgan fingerprint density at radius 1 is 0.792 bits per heavy atom. The van der Waals surface area contributed by atoms with Crippen LogP contribution in [0.5, 0.6) is 0 Å². The molecule has 9 nitrogen and oxygen atoms in total. The molecule has 0 fully saturated rings. The molecule has 0 aliphatic carbocycles. The van der Waals surface area contributed by atoms with Crippen molar-refractivity contribution in [2.45, 2.75) is 19.2 Å². The van der Waals surface area contributed by atoms with Crippen molar-refractivity contribution in [2.24, 2.45) is 0 Å². The maximum Gasteiger partial charge on any atom is 0.164 e. The minimum absolute atomic E-state index is 0.278. The summed E-state index contributed by atoms with van der Waals surface area (Å²) in [6.07, 6.45) is 5.14. The molecular formula is C13H10Cl2N8O. The molecule has 0 unspecified atom stereocenters. The Labute approximate surface area is 145 Å². The third-order valence-corrected chi connectivity index (χ3v) is 4.08. The molecule has 0 spiro atoms. The van der Waals surface area contributed by atoms with Crippen LogP contribution in [0.2, 0.25) is 10.3 Å². The van der Waals surface area contributed by atoms with Crippen molar-refractivity contribution < 1.29 is 5.11 Å². The van der Waals surface area contributed by atoms with Gasteiger partial charge in [0.05, 0.1) is 31.8 Å². The first-order valence-corrected chi connectivity index (χ1v) is 7.70. The van der Waals surface area contributed by atoms with Gasteiger partial charge in [-0.05, 0) is 0 Å². The van der Waals surface area contributed by atoms with Crippen LogP contribution in [0.3, 0.4) is 0 Å². The van der Waals surface area contributed by atoms with E-state index in [4.69, 9.17) is 23.2 Å². The maximum atomic E-state index is 10.4. The lowest BCUT2D eigenvalue weighted by Crippen LogP contribution is -2.21. The van der Waals surface area contributed by atoms with Gasteiger partial charge in [0, 0.05) is 0 Å². The number of aliphatic hydroxyl groups excluding tert-OH is 1. The van der Waals surface area contributed by atoms with Crippen LogP contribution in [-0.4, -0.2) is 50.2 Å². The Bertz CT molecular complexity index is 947. The van der Waals surface area contributed by atoms with Crippen LogP contribution in [0, 0.1) is 0 Å². The fraction of sp³-hybridized carbons (Fsp3) is 0.231. The fourth-order valence-electron chi connectivity index (χ4n) is 2.48. The molecule has 1 N–H and O–H groups in total. The van der Waals surface area contributed by atoms with E-state index >= 15 is 0 Å². The Kier molecular flexibility index (Phi) is 3.75. The molecule has 0 aliphatic heterocycles. The maximum absolute atomic E-state index is 10.4. The van der Waals surface area contributed by atoms with E-state index in [1.165, 1.54) is 12.7 Å². The lowest BCUT2D eigenvalue weighted by Gasteiger charge is -2.12. The average molecular weight is 365 g/mol. The molecule has 0 saturated heterocycles. The molecule has 0 aliphatic rings. The second-order valence-corrected chi connectivity index (χ2v) is 5.84. The molecule has 4 aromatic rings. The highest BCUT2D eigenvalue weighted by atomic mass is 35.5. The van der Waals surface area contributed by atoms with Gasteiger partial charge in [0.25, 0.3) is 0 Å². The summed E-state index contributed by atoms with van der Waals surface area (Å²) in [6, 6.07) is 0. The van der Waals surface area contributed by atoms with Gasteiger partial charge in [-0.25, -0.2) is 29.9 Å². The molecule has 0 atom stereocenters. The van der Waals surface area contributed by atoms with E-state index in [0.29, 0.717) is 22.3 Å². The molecule has 122 valence electrons. The van der Waals surface area contributed by atoms with Gasteiger partial charge in [-0.1, -0.05) is 23.2 Å². The van der Waals surface area contributed by atoms with Gasteiger partial charge >= 0.3 is 0 Å². The topological polar surface area (TPSA) is 107 Å². The van der Waals surface area contributed by atoms with E-state index in [1.807, 2.05) is 0 Å². The molecule has 0 aromatic carbocycles. The standard InChI is InChI=1S/C13H10Cl2N8O/c14-10-8-12(18-3-16-10)22(5-20-8)1-7(24)2-23-6-21-9-11(15)17-4-19-13(9)23/h3-7,24H,1-2H2. The van der Waals surface area contributed by atoms with Crippen LogP contribution in [0.15, 0.2) is 25.3 Å². The number of rotatable bonds is 4. The zero-order valence-corrected chi connectivity index (χ0v) is 13.6. The van der Waals surface area contributed by atoms with Crippen molar-refractivity contribution in [3.63, 3.8) is 0 Å². The van der Waals surface area contributed by atoms with E-state index in [2.05, 4.69) is 29.9 Å². The summed E-state index contributed by atoms with van der Waals surface area (Å²) in [5, 5.41) is 11.0. The molecule has 11 heteroatoms. The smallest absolute Gasteiger partial charge is 0.164 e. The molecule has 0 radical (unpaired) electrons. The van der Waals surface area contributed by atoms with Crippen molar-refractivity contribution in [1.82, 2.24) is 39.0 Å². The van der Waals surface area contributed by atoms with Crippen LogP contribution in [0.25, 0.3) is 22.3 Å². The Balaban J connectivity index is 1.58. The first-order valence-electron chi connectivity index (χ1n) is 6.94. The van der Waals surface area contributed by atoms with Crippen LogP contribution in [-0.2, 0) is 13.1 Å². The summed E-state index contributed by atoms with van der Waals surface area (Å²) >= 11 is 11.9. The predicted octanol–water partition coefficient (Wildman–Crippen LogP) is 1.33. The second-order valence-electron chi connectivity index (χ2n) is 5.12. The highest BCUT2D eigenvalue weighted by Gasteiger charge is 2.15. The van der Waals surface area contributed by atoms with Crippen molar-refractivity contribution in [3.8, 4) is 0 Å². The van der Waals surface area contributed by atoms with Gasteiger partial charge in [0.2, 0.25) is 0 Å². The summed E-state index contributed by atoms with van der Waals surface area (Å²) in [4.78, 5) is 24.4. The Morgan fingerprint density at radius 2 is 1.25 bits per heavy atom. The second kappa shape index (κ2) is 5.93. The summed E-state index contributed by atoms with van der Waals surface area (Å²) in [5.41, 5.74) is 2.13. The van der Waals surface area contributed by atoms with Gasteiger partial charge in [-0.2, -0.15) is 0 Å². The van der Waals surface area contributed by atoms with Gasteiger partial charge in [0.1, 0.15) is 23.7 Å². The lowest BCUT2D eigenvalue weighted by atomic mass is 10.3. The van der Waals surface area contributed by atoms with Crippen LogP contribution < -0.4 is 0 Å². The van der Waals surface area contributed by atoms with Gasteiger partial charge < -0.3 is 14.2 Å². The number of hydrogen-bond acceptors (Lipinski definition) is 7. The zero-order chi connectivity index (χ0) is 16.7. The molecule has 24 heavy (non-hydrogen) atoms. The molecule has 4 heterocycles. The molecular weight excluding hydrogens is 355 g/mol. The van der Waals surface area contributed by atoms with E-state index in [9.17, 15) is 5.11 Å². The number of nitrogens with zero attached hydrogens (tertiary/aromatic N) is 8. The normalized spacial score (nSPS) is 11.8. The van der Waals surface area contributed by atoms with Crippen molar-refractivity contribution in [3.05, 3.63) is 35.6 Å². The van der Waals surface area contributed by atoms with Gasteiger partial charge in [-0.15, -0.1) is 0 Å². The first kappa shape index (κ1) is 15.2.